The lowest BCUT2D eigenvalue weighted by atomic mass is 10.1. The van der Waals surface area contributed by atoms with Crippen LogP contribution in [-0.4, -0.2) is 9.97 Å². The SMILES string of the molecule is Cc1nc(N)cc(-c2cc(F)cc(F)c2)n1. The Morgan fingerprint density at radius 3 is 2.19 bits per heavy atom. The number of rotatable bonds is 1. The highest BCUT2D eigenvalue weighted by molar-refractivity contribution is 5.61. The molecule has 0 aliphatic carbocycles. The van der Waals surface area contributed by atoms with E-state index >= 15 is 0 Å². The molecule has 1 aromatic carbocycles. The van der Waals surface area contributed by atoms with Crippen LogP contribution in [-0.2, 0) is 0 Å². The zero-order chi connectivity index (χ0) is 11.7. The number of aryl methyl sites for hydroxylation is 1. The summed E-state index contributed by atoms with van der Waals surface area (Å²) in [5.74, 6) is -0.568. The molecule has 5 heteroatoms. The molecule has 2 rings (SSSR count). The van der Waals surface area contributed by atoms with Crippen molar-refractivity contribution in [2.45, 2.75) is 6.92 Å². The number of hydrogen-bond donors (Lipinski definition) is 1. The van der Waals surface area contributed by atoms with Gasteiger partial charge in [-0.3, -0.25) is 0 Å². The number of halogens is 2. The zero-order valence-corrected chi connectivity index (χ0v) is 8.54. The highest BCUT2D eigenvalue weighted by Crippen LogP contribution is 2.20. The number of anilines is 1. The number of nitrogens with zero attached hydrogens (tertiary/aromatic N) is 2. The highest BCUT2D eigenvalue weighted by atomic mass is 19.1. The van der Waals surface area contributed by atoms with Gasteiger partial charge in [-0.25, -0.2) is 18.7 Å². The second-order valence-corrected chi connectivity index (χ2v) is 3.38. The Kier molecular flexibility index (Phi) is 2.52. The van der Waals surface area contributed by atoms with E-state index in [0.29, 0.717) is 17.1 Å². The highest BCUT2D eigenvalue weighted by Gasteiger charge is 2.06. The van der Waals surface area contributed by atoms with E-state index in [2.05, 4.69) is 9.97 Å². The molecule has 0 aliphatic rings. The van der Waals surface area contributed by atoms with Gasteiger partial charge in [0.1, 0.15) is 23.3 Å². The molecule has 1 aromatic heterocycles. The molecule has 0 aliphatic heterocycles. The fraction of sp³-hybridized carbons (Fsp3) is 0.0909. The first-order valence-corrected chi connectivity index (χ1v) is 4.62. The molecule has 82 valence electrons. The van der Waals surface area contributed by atoms with E-state index < -0.39 is 11.6 Å². The average molecular weight is 221 g/mol. The fourth-order valence-electron chi connectivity index (χ4n) is 1.44. The number of benzene rings is 1. The van der Waals surface area contributed by atoms with E-state index in [1.807, 2.05) is 0 Å². The van der Waals surface area contributed by atoms with Gasteiger partial charge in [0.2, 0.25) is 0 Å². The third-order valence-electron chi connectivity index (χ3n) is 2.02. The minimum atomic E-state index is -0.648. The van der Waals surface area contributed by atoms with Crippen LogP contribution >= 0.6 is 0 Å². The summed E-state index contributed by atoms with van der Waals surface area (Å²) in [7, 11) is 0. The van der Waals surface area contributed by atoms with E-state index in [0.717, 1.165) is 6.07 Å². The van der Waals surface area contributed by atoms with Gasteiger partial charge in [0, 0.05) is 17.7 Å². The van der Waals surface area contributed by atoms with Gasteiger partial charge in [0.25, 0.3) is 0 Å². The lowest BCUT2D eigenvalue weighted by Gasteiger charge is -2.03. The largest absolute Gasteiger partial charge is 0.384 e. The third kappa shape index (κ3) is 2.13. The summed E-state index contributed by atoms with van der Waals surface area (Å²) in [6.45, 7) is 1.66. The van der Waals surface area contributed by atoms with Crippen molar-refractivity contribution in [1.82, 2.24) is 9.97 Å². The minimum Gasteiger partial charge on any atom is -0.384 e. The van der Waals surface area contributed by atoms with Gasteiger partial charge in [0.05, 0.1) is 5.69 Å². The van der Waals surface area contributed by atoms with Crippen molar-refractivity contribution in [1.29, 1.82) is 0 Å². The van der Waals surface area contributed by atoms with Gasteiger partial charge < -0.3 is 5.73 Å². The van der Waals surface area contributed by atoms with E-state index in [1.54, 1.807) is 6.92 Å². The molecule has 2 aromatic rings. The van der Waals surface area contributed by atoms with Crippen LogP contribution in [0, 0.1) is 18.6 Å². The Hall–Kier alpha value is -2.04. The van der Waals surface area contributed by atoms with Gasteiger partial charge in [-0.2, -0.15) is 0 Å². The van der Waals surface area contributed by atoms with Gasteiger partial charge in [-0.05, 0) is 19.1 Å². The quantitative estimate of drug-likeness (QED) is 0.803. The van der Waals surface area contributed by atoms with E-state index in [-0.39, 0.29) is 5.82 Å². The minimum absolute atomic E-state index is 0.271. The molecular formula is C11H9F2N3. The number of aromatic nitrogens is 2. The maximum absolute atomic E-state index is 13.0. The molecule has 2 N–H and O–H groups in total. The smallest absolute Gasteiger partial charge is 0.128 e. The summed E-state index contributed by atoms with van der Waals surface area (Å²) in [6, 6.07) is 4.68. The monoisotopic (exact) mass is 221 g/mol. The van der Waals surface area contributed by atoms with Crippen molar-refractivity contribution in [3.05, 3.63) is 41.7 Å². The Balaban J connectivity index is 2.57. The summed E-state index contributed by atoms with van der Waals surface area (Å²) in [5, 5.41) is 0. The molecule has 3 nitrogen and oxygen atoms in total. The topological polar surface area (TPSA) is 51.8 Å². The molecule has 0 bridgehead atoms. The molecule has 0 saturated carbocycles. The van der Waals surface area contributed by atoms with Crippen LogP contribution < -0.4 is 5.73 Å². The number of nitrogens with two attached hydrogens (primary N) is 1. The summed E-state index contributed by atoms with van der Waals surface area (Å²) < 4.78 is 26.0. The lowest BCUT2D eigenvalue weighted by Crippen LogP contribution is -1.97. The molecule has 0 fully saturated rings. The van der Waals surface area contributed by atoms with Gasteiger partial charge >= 0.3 is 0 Å². The maximum atomic E-state index is 13.0. The molecular weight excluding hydrogens is 212 g/mol. The lowest BCUT2D eigenvalue weighted by molar-refractivity contribution is 0.584. The van der Waals surface area contributed by atoms with Crippen molar-refractivity contribution in [3.63, 3.8) is 0 Å². The first-order valence-electron chi connectivity index (χ1n) is 4.62. The van der Waals surface area contributed by atoms with E-state index in [1.165, 1.54) is 18.2 Å². The summed E-state index contributed by atoms with van der Waals surface area (Å²) in [6.07, 6.45) is 0. The van der Waals surface area contributed by atoms with Crippen LogP contribution in [0.2, 0.25) is 0 Å². The predicted molar refractivity (Wildman–Crippen MR) is 56.5 cm³/mol. The first kappa shape index (κ1) is 10.5. The van der Waals surface area contributed by atoms with Crippen LogP contribution in [0.4, 0.5) is 14.6 Å². The Morgan fingerprint density at radius 1 is 1.00 bits per heavy atom. The molecule has 0 saturated heterocycles. The van der Waals surface area contributed by atoms with Crippen LogP contribution in [0.1, 0.15) is 5.82 Å². The zero-order valence-electron chi connectivity index (χ0n) is 8.54. The number of nitrogen functional groups attached to an aromatic ring is 1. The standard InChI is InChI=1S/C11H9F2N3/c1-6-15-10(5-11(14)16-6)7-2-8(12)4-9(13)3-7/h2-5H,1H3,(H2,14,15,16). The second kappa shape index (κ2) is 3.84. The molecule has 0 unspecified atom stereocenters. The molecule has 0 radical (unpaired) electrons. The van der Waals surface area contributed by atoms with Crippen molar-refractivity contribution >= 4 is 5.82 Å². The second-order valence-electron chi connectivity index (χ2n) is 3.38. The normalized spacial score (nSPS) is 10.4. The van der Waals surface area contributed by atoms with Crippen molar-refractivity contribution in [2.24, 2.45) is 0 Å². The number of hydrogen-bond acceptors (Lipinski definition) is 3. The fourth-order valence-corrected chi connectivity index (χ4v) is 1.44. The summed E-state index contributed by atoms with van der Waals surface area (Å²) in [5.41, 5.74) is 6.28. The van der Waals surface area contributed by atoms with Crippen LogP contribution in [0.25, 0.3) is 11.3 Å². The maximum Gasteiger partial charge on any atom is 0.128 e. The summed E-state index contributed by atoms with van der Waals surface area (Å²) in [4.78, 5) is 7.95. The van der Waals surface area contributed by atoms with Gasteiger partial charge in [-0.15, -0.1) is 0 Å². The molecule has 1 heterocycles. The molecule has 0 atom stereocenters. The Labute approximate surface area is 91.0 Å². The Bertz CT molecular complexity index is 451. The van der Waals surface area contributed by atoms with Crippen molar-refractivity contribution in [2.75, 3.05) is 5.73 Å². The summed E-state index contributed by atoms with van der Waals surface area (Å²) >= 11 is 0. The van der Waals surface area contributed by atoms with Crippen molar-refractivity contribution < 1.29 is 8.78 Å². The van der Waals surface area contributed by atoms with Crippen LogP contribution in [0.15, 0.2) is 24.3 Å². The predicted octanol–water partition coefficient (Wildman–Crippen LogP) is 2.31. The van der Waals surface area contributed by atoms with Crippen LogP contribution in [0.5, 0.6) is 0 Å². The molecule has 0 amide bonds. The molecule has 0 spiro atoms. The first-order chi connectivity index (χ1) is 7.54. The average Bonchev–Trinajstić information content (AvgIpc) is 2.14. The van der Waals surface area contributed by atoms with E-state index in [9.17, 15) is 8.78 Å². The Morgan fingerprint density at radius 2 is 1.62 bits per heavy atom. The van der Waals surface area contributed by atoms with E-state index in [4.69, 9.17) is 5.73 Å². The molecule has 16 heavy (non-hydrogen) atoms. The third-order valence-corrected chi connectivity index (χ3v) is 2.02. The van der Waals surface area contributed by atoms with Gasteiger partial charge in [-0.1, -0.05) is 0 Å². The van der Waals surface area contributed by atoms with Crippen LogP contribution in [0.3, 0.4) is 0 Å². The van der Waals surface area contributed by atoms with Gasteiger partial charge in [0.15, 0.2) is 0 Å². The van der Waals surface area contributed by atoms with Crippen molar-refractivity contribution in [3.8, 4) is 11.3 Å².